The zero-order valence-electron chi connectivity index (χ0n) is 12.5. The van der Waals surface area contributed by atoms with Gasteiger partial charge < -0.3 is 0 Å². The maximum atomic E-state index is 12.1. The van der Waals surface area contributed by atoms with Crippen molar-refractivity contribution in [2.24, 2.45) is 5.92 Å². The number of hydrazine groups is 1. The van der Waals surface area contributed by atoms with Gasteiger partial charge in [0.2, 0.25) is 5.91 Å². The second-order valence-corrected chi connectivity index (χ2v) is 8.03. The molecular weight excluding hydrogens is 290 g/mol. The maximum Gasteiger partial charge on any atom is 0.258 e. The molecule has 0 aliphatic heterocycles. The Hall–Kier alpha value is -1.47. The van der Waals surface area contributed by atoms with Crippen molar-refractivity contribution in [1.82, 2.24) is 15.2 Å². The minimum atomic E-state index is -3.78. The minimum absolute atomic E-state index is 0.0319. The van der Waals surface area contributed by atoms with Crippen molar-refractivity contribution in [1.29, 1.82) is 0 Å². The standard InChI is InChI=1S/C14H21N3O3S/c1-14(2,3)12-8-7-11(9-15-12)21(19,20)17-16-13(18)10-5-4-6-10/h7-10,17H,4-6H2,1-3H3,(H,16,18). The number of aromatic nitrogens is 1. The Morgan fingerprint density at radius 1 is 1.29 bits per heavy atom. The van der Waals surface area contributed by atoms with E-state index >= 15 is 0 Å². The van der Waals surface area contributed by atoms with Crippen LogP contribution in [0.2, 0.25) is 0 Å². The monoisotopic (exact) mass is 311 g/mol. The Balaban J connectivity index is 2.03. The Morgan fingerprint density at radius 3 is 2.38 bits per heavy atom. The van der Waals surface area contributed by atoms with Gasteiger partial charge >= 0.3 is 0 Å². The Labute approximate surface area is 125 Å². The molecule has 1 aliphatic carbocycles. The molecule has 0 atom stereocenters. The first-order valence-corrected chi connectivity index (χ1v) is 8.47. The van der Waals surface area contributed by atoms with E-state index in [1.54, 1.807) is 6.07 Å². The molecule has 21 heavy (non-hydrogen) atoms. The van der Waals surface area contributed by atoms with Crippen LogP contribution in [0, 0.1) is 5.92 Å². The molecule has 2 N–H and O–H groups in total. The van der Waals surface area contributed by atoms with Gasteiger partial charge in [0.25, 0.3) is 10.0 Å². The molecule has 2 rings (SSSR count). The van der Waals surface area contributed by atoms with E-state index in [0.717, 1.165) is 25.0 Å². The topological polar surface area (TPSA) is 88.2 Å². The van der Waals surface area contributed by atoms with Crippen LogP contribution < -0.4 is 10.3 Å². The number of hydrogen-bond donors (Lipinski definition) is 2. The molecule has 1 aliphatic rings. The van der Waals surface area contributed by atoms with Gasteiger partial charge in [-0.15, -0.1) is 4.83 Å². The van der Waals surface area contributed by atoms with Crippen LogP contribution in [0.4, 0.5) is 0 Å². The zero-order valence-corrected chi connectivity index (χ0v) is 13.3. The van der Waals surface area contributed by atoms with Gasteiger partial charge in [-0.05, 0) is 25.0 Å². The zero-order chi connectivity index (χ0) is 15.7. The van der Waals surface area contributed by atoms with Crippen molar-refractivity contribution in [2.45, 2.75) is 50.3 Å². The molecule has 6 nitrogen and oxygen atoms in total. The number of rotatable bonds is 4. The summed E-state index contributed by atoms with van der Waals surface area (Å²) in [5, 5.41) is 0. The predicted molar refractivity (Wildman–Crippen MR) is 78.7 cm³/mol. The molecule has 0 aromatic carbocycles. The molecule has 7 heteroatoms. The number of carbonyl (C=O) groups excluding carboxylic acids is 1. The number of sulfonamides is 1. The smallest absolute Gasteiger partial charge is 0.258 e. The molecule has 0 unspecified atom stereocenters. The van der Waals surface area contributed by atoms with E-state index in [-0.39, 0.29) is 22.1 Å². The first-order chi connectivity index (χ1) is 9.70. The van der Waals surface area contributed by atoms with Gasteiger partial charge in [0.1, 0.15) is 4.90 Å². The van der Waals surface area contributed by atoms with Crippen LogP contribution in [0.15, 0.2) is 23.2 Å². The fraction of sp³-hybridized carbons (Fsp3) is 0.571. The summed E-state index contributed by atoms with van der Waals surface area (Å²) in [6.07, 6.45) is 3.95. The average molecular weight is 311 g/mol. The highest BCUT2D eigenvalue weighted by molar-refractivity contribution is 7.89. The van der Waals surface area contributed by atoms with Crippen LogP contribution in [0.25, 0.3) is 0 Å². The largest absolute Gasteiger partial charge is 0.277 e. The second-order valence-electron chi connectivity index (χ2n) is 6.35. The summed E-state index contributed by atoms with van der Waals surface area (Å²) in [5.41, 5.74) is 2.92. The Kier molecular flexibility index (Phi) is 4.34. The van der Waals surface area contributed by atoms with Gasteiger partial charge in [0, 0.05) is 23.2 Å². The van der Waals surface area contributed by atoms with E-state index in [2.05, 4.69) is 15.2 Å². The van der Waals surface area contributed by atoms with Gasteiger partial charge in [0.05, 0.1) is 0 Å². The fourth-order valence-corrected chi connectivity index (χ4v) is 2.72. The lowest BCUT2D eigenvalue weighted by Gasteiger charge is -2.24. The SMILES string of the molecule is CC(C)(C)c1ccc(S(=O)(=O)NNC(=O)C2CCC2)cn1. The van der Waals surface area contributed by atoms with E-state index < -0.39 is 10.0 Å². The quantitative estimate of drug-likeness (QED) is 0.825. The van der Waals surface area contributed by atoms with Gasteiger partial charge in [0.15, 0.2) is 0 Å². The molecule has 1 saturated carbocycles. The van der Waals surface area contributed by atoms with E-state index in [1.165, 1.54) is 12.3 Å². The molecule has 1 aromatic heterocycles. The normalized spacial score (nSPS) is 16.3. The molecule has 0 bridgehead atoms. The summed E-state index contributed by atoms with van der Waals surface area (Å²) in [5.74, 6) is -0.349. The molecule has 0 spiro atoms. The molecular formula is C14H21N3O3S. The van der Waals surface area contributed by atoms with Crippen molar-refractivity contribution < 1.29 is 13.2 Å². The third-order valence-corrected chi connectivity index (χ3v) is 4.83. The van der Waals surface area contributed by atoms with Crippen LogP contribution in [-0.4, -0.2) is 19.3 Å². The van der Waals surface area contributed by atoms with Gasteiger partial charge in [-0.25, -0.2) is 8.42 Å². The number of pyridine rings is 1. The van der Waals surface area contributed by atoms with Gasteiger partial charge in [-0.3, -0.25) is 15.2 Å². The molecule has 0 radical (unpaired) electrons. The fourth-order valence-electron chi connectivity index (χ4n) is 1.93. The highest BCUT2D eigenvalue weighted by Crippen LogP contribution is 2.26. The second kappa shape index (κ2) is 5.73. The predicted octanol–water partition coefficient (Wildman–Crippen LogP) is 1.49. The molecule has 1 amide bonds. The number of amides is 1. The first kappa shape index (κ1) is 15.9. The van der Waals surface area contributed by atoms with E-state index in [1.807, 2.05) is 20.8 Å². The highest BCUT2D eigenvalue weighted by atomic mass is 32.2. The van der Waals surface area contributed by atoms with Crippen molar-refractivity contribution in [2.75, 3.05) is 0 Å². The summed E-state index contributed by atoms with van der Waals surface area (Å²) in [6, 6.07) is 3.17. The summed E-state index contributed by atoms with van der Waals surface area (Å²) >= 11 is 0. The van der Waals surface area contributed by atoms with Crippen molar-refractivity contribution in [3.63, 3.8) is 0 Å². The van der Waals surface area contributed by atoms with E-state index in [9.17, 15) is 13.2 Å². The lowest BCUT2D eigenvalue weighted by Crippen LogP contribution is -2.45. The van der Waals surface area contributed by atoms with Gasteiger partial charge in [-0.1, -0.05) is 27.2 Å². The minimum Gasteiger partial charge on any atom is -0.277 e. The average Bonchev–Trinajstić information content (AvgIpc) is 2.34. The van der Waals surface area contributed by atoms with Crippen molar-refractivity contribution in [3.8, 4) is 0 Å². The lowest BCUT2D eigenvalue weighted by atomic mass is 9.85. The number of nitrogens with one attached hydrogen (secondary N) is 2. The summed E-state index contributed by atoms with van der Waals surface area (Å²) in [4.78, 5) is 18.0. The summed E-state index contributed by atoms with van der Waals surface area (Å²) < 4.78 is 24.1. The maximum absolute atomic E-state index is 12.1. The summed E-state index contributed by atoms with van der Waals surface area (Å²) in [6.45, 7) is 6.00. The van der Waals surface area contributed by atoms with Crippen molar-refractivity contribution >= 4 is 15.9 Å². The lowest BCUT2D eigenvalue weighted by molar-refractivity contribution is -0.127. The van der Waals surface area contributed by atoms with Crippen LogP contribution in [0.5, 0.6) is 0 Å². The van der Waals surface area contributed by atoms with Crippen LogP contribution in [-0.2, 0) is 20.2 Å². The number of carbonyl (C=O) groups is 1. The Morgan fingerprint density at radius 2 is 1.95 bits per heavy atom. The van der Waals surface area contributed by atoms with Crippen LogP contribution in [0.3, 0.4) is 0 Å². The molecule has 1 fully saturated rings. The summed E-state index contributed by atoms with van der Waals surface area (Å²) in [7, 11) is -3.78. The number of hydrogen-bond acceptors (Lipinski definition) is 4. The Bertz CT molecular complexity index is 614. The third-order valence-electron chi connectivity index (χ3n) is 3.60. The first-order valence-electron chi connectivity index (χ1n) is 6.98. The molecule has 0 saturated heterocycles. The molecule has 1 heterocycles. The van der Waals surface area contributed by atoms with Crippen LogP contribution >= 0.6 is 0 Å². The van der Waals surface area contributed by atoms with Gasteiger partial charge in [-0.2, -0.15) is 0 Å². The van der Waals surface area contributed by atoms with E-state index in [4.69, 9.17) is 0 Å². The van der Waals surface area contributed by atoms with Crippen LogP contribution in [0.1, 0.15) is 45.7 Å². The van der Waals surface area contributed by atoms with E-state index in [0.29, 0.717) is 0 Å². The number of nitrogens with zero attached hydrogens (tertiary/aromatic N) is 1. The third kappa shape index (κ3) is 3.79. The highest BCUT2D eigenvalue weighted by Gasteiger charge is 2.26. The molecule has 116 valence electrons. The van der Waals surface area contributed by atoms with Crippen molar-refractivity contribution in [3.05, 3.63) is 24.0 Å². The molecule has 1 aromatic rings.